The molecule has 0 bridgehead atoms. The average molecular weight is 251 g/mol. The van der Waals surface area contributed by atoms with Crippen LogP contribution in [0.4, 0.5) is 0 Å². The maximum Gasteiger partial charge on any atom is 0.123 e. The highest BCUT2D eigenvalue weighted by molar-refractivity contribution is 5.41. The number of rotatable bonds is 5. The van der Waals surface area contributed by atoms with Crippen molar-refractivity contribution in [2.45, 2.75) is 39.2 Å². The van der Waals surface area contributed by atoms with E-state index in [2.05, 4.69) is 45.1 Å². The Bertz CT molecular complexity index is 379. The van der Waals surface area contributed by atoms with E-state index in [0.29, 0.717) is 6.61 Å². The quantitative estimate of drug-likeness (QED) is 0.843. The topological polar surface area (TPSA) is 41.5 Å². The zero-order valence-corrected chi connectivity index (χ0v) is 12.1. The Labute approximate surface area is 110 Å². The number of ether oxygens (including phenoxy) is 1. The summed E-state index contributed by atoms with van der Waals surface area (Å²) in [6.07, 6.45) is 0. The Morgan fingerprint density at radius 1 is 1.33 bits per heavy atom. The normalized spacial score (nSPS) is 13.4. The standard InChI is InChI=1S/C15H25NO2/c1-11-6-7-14(13(8-11)15(2,3)4)18-10-12(9-17)16-5/h6-8,12,16-17H,9-10H2,1-5H3. The Hall–Kier alpha value is -1.06. The highest BCUT2D eigenvalue weighted by atomic mass is 16.5. The maximum absolute atomic E-state index is 9.13. The molecular weight excluding hydrogens is 226 g/mol. The zero-order valence-electron chi connectivity index (χ0n) is 12.1. The second-order valence-electron chi connectivity index (χ2n) is 5.73. The molecule has 1 rings (SSSR count). The smallest absolute Gasteiger partial charge is 0.123 e. The molecule has 0 fully saturated rings. The van der Waals surface area contributed by atoms with Crippen molar-refractivity contribution in [1.82, 2.24) is 5.32 Å². The van der Waals surface area contributed by atoms with Gasteiger partial charge in [0.15, 0.2) is 0 Å². The predicted molar refractivity (Wildman–Crippen MR) is 75.3 cm³/mol. The molecule has 0 saturated heterocycles. The molecule has 0 aliphatic rings. The molecule has 3 nitrogen and oxygen atoms in total. The lowest BCUT2D eigenvalue weighted by Gasteiger charge is -2.24. The van der Waals surface area contributed by atoms with Gasteiger partial charge in [-0.25, -0.2) is 0 Å². The fraction of sp³-hybridized carbons (Fsp3) is 0.600. The Morgan fingerprint density at radius 2 is 2.00 bits per heavy atom. The summed E-state index contributed by atoms with van der Waals surface area (Å²) in [5.74, 6) is 0.904. The second kappa shape index (κ2) is 6.21. The van der Waals surface area contributed by atoms with Gasteiger partial charge in [0.05, 0.1) is 12.6 Å². The van der Waals surface area contributed by atoms with Gasteiger partial charge in [-0.3, -0.25) is 0 Å². The summed E-state index contributed by atoms with van der Waals surface area (Å²) in [7, 11) is 1.82. The van der Waals surface area contributed by atoms with Crippen LogP contribution in [0.5, 0.6) is 5.75 Å². The summed E-state index contributed by atoms with van der Waals surface area (Å²) in [6.45, 7) is 9.16. The van der Waals surface area contributed by atoms with Gasteiger partial charge in [0.2, 0.25) is 0 Å². The molecule has 1 aromatic carbocycles. The summed E-state index contributed by atoms with van der Waals surface area (Å²) in [4.78, 5) is 0. The van der Waals surface area contributed by atoms with Crippen molar-refractivity contribution >= 4 is 0 Å². The molecule has 0 aromatic heterocycles. The van der Waals surface area contributed by atoms with Gasteiger partial charge < -0.3 is 15.2 Å². The largest absolute Gasteiger partial charge is 0.492 e. The van der Waals surface area contributed by atoms with E-state index >= 15 is 0 Å². The van der Waals surface area contributed by atoms with Crippen LogP contribution in [0.3, 0.4) is 0 Å². The monoisotopic (exact) mass is 251 g/mol. The van der Waals surface area contributed by atoms with Crippen molar-refractivity contribution in [2.75, 3.05) is 20.3 Å². The molecule has 0 spiro atoms. The average Bonchev–Trinajstić information content (AvgIpc) is 2.30. The van der Waals surface area contributed by atoms with Crippen molar-refractivity contribution in [3.8, 4) is 5.75 Å². The van der Waals surface area contributed by atoms with Gasteiger partial charge >= 0.3 is 0 Å². The third-order valence-corrected chi connectivity index (χ3v) is 3.01. The van der Waals surface area contributed by atoms with Crippen molar-refractivity contribution in [3.63, 3.8) is 0 Å². The number of benzene rings is 1. The number of hydrogen-bond acceptors (Lipinski definition) is 3. The van der Waals surface area contributed by atoms with Gasteiger partial charge in [0, 0.05) is 0 Å². The van der Waals surface area contributed by atoms with Gasteiger partial charge in [-0.05, 0) is 31.0 Å². The van der Waals surface area contributed by atoms with E-state index in [9.17, 15) is 0 Å². The van der Waals surface area contributed by atoms with Crippen LogP contribution in [0.2, 0.25) is 0 Å². The van der Waals surface area contributed by atoms with Gasteiger partial charge in [0.1, 0.15) is 12.4 Å². The lowest BCUT2D eigenvalue weighted by atomic mass is 9.85. The number of hydrogen-bond donors (Lipinski definition) is 2. The number of likely N-dealkylation sites (N-methyl/N-ethyl adjacent to an activating group) is 1. The summed E-state index contributed by atoms with van der Waals surface area (Å²) in [5, 5.41) is 12.2. The summed E-state index contributed by atoms with van der Waals surface area (Å²) >= 11 is 0. The van der Waals surface area contributed by atoms with E-state index in [4.69, 9.17) is 9.84 Å². The molecular formula is C15H25NO2. The van der Waals surface area contributed by atoms with E-state index < -0.39 is 0 Å². The van der Waals surface area contributed by atoms with Crippen molar-refractivity contribution in [3.05, 3.63) is 29.3 Å². The minimum Gasteiger partial charge on any atom is -0.492 e. The molecule has 1 aromatic rings. The van der Waals surface area contributed by atoms with E-state index in [1.165, 1.54) is 11.1 Å². The first-order valence-electron chi connectivity index (χ1n) is 6.40. The van der Waals surface area contributed by atoms with Gasteiger partial charge in [-0.2, -0.15) is 0 Å². The first-order valence-corrected chi connectivity index (χ1v) is 6.40. The molecule has 18 heavy (non-hydrogen) atoms. The SMILES string of the molecule is CNC(CO)COc1ccc(C)cc1C(C)(C)C. The minimum absolute atomic E-state index is 0.0286. The van der Waals surface area contributed by atoms with E-state index in [1.54, 1.807) is 0 Å². The fourth-order valence-corrected chi connectivity index (χ4v) is 1.77. The maximum atomic E-state index is 9.13. The summed E-state index contributed by atoms with van der Waals surface area (Å²) in [5.41, 5.74) is 2.49. The lowest BCUT2D eigenvalue weighted by molar-refractivity contribution is 0.187. The summed E-state index contributed by atoms with van der Waals surface area (Å²) in [6, 6.07) is 6.21. The van der Waals surface area contributed by atoms with Gasteiger partial charge in [-0.15, -0.1) is 0 Å². The van der Waals surface area contributed by atoms with Crippen LogP contribution in [0.1, 0.15) is 31.9 Å². The van der Waals surface area contributed by atoms with Crippen LogP contribution < -0.4 is 10.1 Å². The number of aliphatic hydroxyl groups excluding tert-OH is 1. The van der Waals surface area contributed by atoms with Crippen LogP contribution >= 0.6 is 0 Å². The van der Waals surface area contributed by atoms with Crippen LogP contribution in [0.15, 0.2) is 18.2 Å². The summed E-state index contributed by atoms with van der Waals surface area (Å²) < 4.78 is 5.84. The van der Waals surface area contributed by atoms with E-state index in [-0.39, 0.29) is 18.1 Å². The Morgan fingerprint density at radius 3 is 2.50 bits per heavy atom. The molecule has 0 saturated carbocycles. The zero-order chi connectivity index (χ0) is 13.8. The first-order chi connectivity index (χ1) is 8.38. The molecule has 3 heteroatoms. The van der Waals surface area contributed by atoms with E-state index in [1.807, 2.05) is 13.1 Å². The number of aliphatic hydroxyl groups is 1. The third kappa shape index (κ3) is 4.00. The molecule has 1 unspecified atom stereocenters. The predicted octanol–water partition coefficient (Wildman–Crippen LogP) is 2.25. The molecule has 0 amide bonds. The molecule has 0 heterocycles. The Kier molecular flexibility index (Phi) is 5.17. The number of aryl methyl sites for hydroxylation is 1. The molecule has 0 aliphatic heterocycles. The first kappa shape index (κ1) is 15.0. The fourth-order valence-electron chi connectivity index (χ4n) is 1.77. The van der Waals surface area contributed by atoms with Gasteiger partial charge in [-0.1, -0.05) is 38.5 Å². The van der Waals surface area contributed by atoms with Crippen molar-refractivity contribution < 1.29 is 9.84 Å². The number of nitrogens with one attached hydrogen (secondary N) is 1. The molecule has 0 aliphatic carbocycles. The Balaban J connectivity index is 2.88. The third-order valence-electron chi connectivity index (χ3n) is 3.01. The minimum atomic E-state index is -0.0286. The van der Waals surface area contributed by atoms with Crippen molar-refractivity contribution in [1.29, 1.82) is 0 Å². The van der Waals surface area contributed by atoms with Gasteiger partial charge in [0.25, 0.3) is 0 Å². The second-order valence-corrected chi connectivity index (χ2v) is 5.73. The van der Waals surface area contributed by atoms with Crippen molar-refractivity contribution in [2.24, 2.45) is 0 Å². The molecule has 0 radical (unpaired) electrons. The van der Waals surface area contributed by atoms with Crippen LogP contribution in [0, 0.1) is 6.92 Å². The highest BCUT2D eigenvalue weighted by Crippen LogP contribution is 2.32. The lowest BCUT2D eigenvalue weighted by Crippen LogP contribution is -2.35. The van der Waals surface area contributed by atoms with E-state index in [0.717, 1.165) is 5.75 Å². The molecule has 2 N–H and O–H groups in total. The van der Waals surface area contributed by atoms with Crippen LogP contribution in [-0.4, -0.2) is 31.4 Å². The molecule has 1 atom stereocenters. The van der Waals surface area contributed by atoms with Crippen LogP contribution in [-0.2, 0) is 5.41 Å². The van der Waals surface area contributed by atoms with Crippen LogP contribution in [0.25, 0.3) is 0 Å². The highest BCUT2D eigenvalue weighted by Gasteiger charge is 2.19. The molecule has 102 valence electrons.